The van der Waals surface area contributed by atoms with E-state index in [0.29, 0.717) is 5.69 Å². The maximum absolute atomic E-state index is 12.8. The van der Waals surface area contributed by atoms with Crippen LogP contribution in [0.3, 0.4) is 0 Å². The molecule has 8 heteroatoms. The molecule has 2 amide bonds. The zero-order valence-electron chi connectivity index (χ0n) is 12.7. The van der Waals surface area contributed by atoms with E-state index in [1.165, 1.54) is 38.2 Å². The molecule has 1 aliphatic heterocycles. The van der Waals surface area contributed by atoms with Crippen molar-refractivity contribution in [3.8, 4) is 0 Å². The van der Waals surface area contributed by atoms with Crippen molar-refractivity contribution < 1.29 is 23.5 Å². The van der Waals surface area contributed by atoms with Gasteiger partial charge in [-0.1, -0.05) is 0 Å². The Labute approximate surface area is 132 Å². The number of anilines is 1. The van der Waals surface area contributed by atoms with Gasteiger partial charge in [0.1, 0.15) is 11.5 Å². The van der Waals surface area contributed by atoms with Gasteiger partial charge in [0.15, 0.2) is 6.10 Å². The van der Waals surface area contributed by atoms with Crippen LogP contribution in [0.4, 0.5) is 10.1 Å². The Morgan fingerprint density at radius 2 is 1.96 bits per heavy atom. The number of nitrogens with one attached hydrogen (secondary N) is 1. The van der Waals surface area contributed by atoms with E-state index in [1.54, 1.807) is 0 Å². The molecule has 1 aliphatic rings. The van der Waals surface area contributed by atoms with Crippen LogP contribution in [0.5, 0.6) is 0 Å². The third-order valence-electron chi connectivity index (χ3n) is 3.21. The number of nitrogens with zero attached hydrogens (tertiary/aromatic N) is 2. The highest BCUT2D eigenvalue weighted by atomic mass is 19.1. The standard InChI is InChI=1S/C15H16FN3O4/c1-9(14(21)17-11-5-3-10(16)4-6-11)23-15(22)12-7-8-13(20)19(2)18-12/h3-6,9H,7-8H2,1-2H3,(H,17,21)/t9-/m1/s1. The van der Waals surface area contributed by atoms with Crippen molar-refractivity contribution in [1.82, 2.24) is 5.01 Å². The van der Waals surface area contributed by atoms with Gasteiger partial charge in [-0.25, -0.2) is 14.2 Å². The lowest BCUT2D eigenvalue weighted by Crippen LogP contribution is -2.36. The molecule has 1 N–H and O–H groups in total. The van der Waals surface area contributed by atoms with E-state index < -0.39 is 23.8 Å². The molecular formula is C15H16FN3O4. The van der Waals surface area contributed by atoms with Gasteiger partial charge in [0.05, 0.1) is 0 Å². The van der Waals surface area contributed by atoms with Crippen LogP contribution in [-0.4, -0.2) is 41.7 Å². The van der Waals surface area contributed by atoms with Gasteiger partial charge in [0.25, 0.3) is 5.91 Å². The second-order valence-corrected chi connectivity index (χ2v) is 5.01. The van der Waals surface area contributed by atoms with Gasteiger partial charge >= 0.3 is 5.97 Å². The first-order chi connectivity index (χ1) is 10.9. The smallest absolute Gasteiger partial charge is 0.355 e. The van der Waals surface area contributed by atoms with Gasteiger partial charge in [-0.3, -0.25) is 9.59 Å². The fourth-order valence-corrected chi connectivity index (χ4v) is 1.88. The molecule has 23 heavy (non-hydrogen) atoms. The number of halogens is 1. The molecule has 0 saturated heterocycles. The van der Waals surface area contributed by atoms with Crippen molar-refractivity contribution >= 4 is 29.2 Å². The number of carbonyl (C=O) groups is 3. The maximum Gasteiger partial charge on any atom is 0.355 e. The van der Waals surface area contributed by atoms with E-state index in [4.69, 9.17) is 4.74 Å². The molecule has 0 bridgehead atoms. The van der Waals surface area contributed by atoms with E-state index in [9.17, 15) is 18.8 Å². The molecule has 1 aromatic carbocycles. The summed E-state index contributed by atoms with van der Waals surface area (Å²) < 4.78 is 17.8. The van der Waals surface area contributed by atoms with Crippen LogP contribution < -0.4 is 5.32 Å². The third-order valence-corrected chi connectivity index (χ3v) is 3.21. The van der Waals surface area contributed by atoms with Gasteiger partial charge < -0.3 is 10.1 Å². The average molecular weight is 321 g/mol. The van der Waals surface area contributed by atoms with Gasteiger partial charge in [-0.15, -0.1) is 0 Å². The number of rotatable bonds is 4. The van der Waals surface area contributed by atoms with Gasteiger partial charge in [0, 0.05) is 25.6 Å². The summed E-state index contributed by atoms with van der Waals surface area (Å²) in [6, 6.07) is 5.20. The molecule has 0 unspecified atom stereocenters. The van der Waals surface area contributed by atoms with Crippen LogP contribution in [-0.2, 0) is 19.1 Å². The summed E-state index contributed by atoms with van der Waals surface area (Å²) in [4.78, 5) is 35.2. The zero-order chi connectivity index (χ0) is 17.0. The number of esters is 1. The second-order valence-electron chi connectivity index (χ2n) is 5.01. The Morgan fingerprint density at radius 1 is 1.30 bits per heavy atom. The van der Waals surface area contributed by atoms with Gasteiger partial charge in [0.2, 0.25) is 5.91 Å². The van der Waals surface area contributed by atoms with Crippen molar-refractivity contribution in [3.63, 3.8) is 0 Å². The van der Waals surface area contributed by atoms with Crippen molar-refractivity contribution in [1.29, 1.82) is 0 Å². The molecular weight excluding hydrogens is 305 g/mol. The fraction of sp³-hybridized carbons (Fsp3) is 0.333. The molecule has 0 fully saturated rings. The molecule has 0 radical (unpaired) electrons. The lowest BCUT2D eigenvalue weighted by Gasteiger charge is -2.20. The Hall–Kier alpha value is -2.77. The second kappa shape index (κ2) is 6.99. The molecule has 7 nitrogen and oxygen atoms in total. The quantitative estimate of drug-likeness (QED) is 0.847. The van der Waals surface area contributed by atoms with Crippen molar-refractivity contribution in [2.45, 2.75) is 25.9 Å². The molecule has 1 heterocycles. The van der Waals surface area contributed by atoms with Crippen LogP contribution in [0.15, 0.2) is 29.4 Å². The number of hydrogen-bond donors (Lipinski definition) is 1. The fourth-order valence-electron chi connectivity index (χ4n) is 1.88. The molecule has 0 saturated carbocycles. The number of hydrazone groups is 1. The van der Waals surface area contributed by atoms with Crippen LogP contribution in [0.25, 0.3) is 0 Å². The van der Waals surface area contributed by atoms with Crippen LogP contribution >= 0.6 is 0 Å². The summed E-state index contributed by atoms with van der Waals surface area (Å²) in [6.07, 6.45) is -0.715. The topological polar surface area (TPSA) is 88.1 Å². The third kappa shape index (κ3) is 4.35. The van der Waals surface area contributed by atoms with E-state index in [-0.39, 0.29) is 24.5 Å². The molecule has 0 aliphatic carbocycles. The van der Waals surface area contributed by atoms with Crippen LogP contribution in [0, 0.1) is 5.82 Å². The Bertz CT molecular complexity index is 657. The molecule has 1 atom stereocenters. The van der Waals surface area contributed by atoms with Crippen molar-refractivity contribution in [2.75, 3.05) is 12.4 Å². The predicted octanol–water partition coefficient (Wildman–Crippen LogP) is 1.30. The highest BCUT2D eigenvalue weighted by Crippen LogP contribution is 2.11. The molecule has 122 valence electrons. The van der Waals surface area contributed by atoms with E-state index in [2.05, 4.69) is 10.4 Å². The number of carbonyl (C=O) groups excluding carboxylic acids is 3. The maximum atomic E-state index is 12.8. The van der Waals surface area contributed by atoms with Crippen LogP contribution in [0.1, 0.15) is 19.8 Å². The van der Waals surface area contributed by atoms with E-state index in [1.807, 2.05) is 0 Å². The Kier molecular flexibility index (Phi) is 5.05. The highest BCUT2D eigenvalue weighted by molar-refractivity contribution is 6.37. The monoisotopic (exact) mass is 321 g/mol. The first-order valence-electron chi connectivity index (χ1n) is 6.98. The van der Waals surface area contributed by atoms with Crippen molar-refractivity contribution in [2.24, 2.45) is 5.10 Å². The average Bonchev–Trinajstić information content (AvgIpc) is 2.52. The summed E-state index contributed by atoms with van der Waals surface area (Å²) in [7, 11) is 1.44. The molecule has 2 rings (SSSR count). The Balaban J connectivity index is 1.93. The number of ether oxygens (including phenoxy) is 1. The summed E-state index contributed by atoms with van der Waals surface area (Å²) in [5.74, 6) is -1.91. The number of hydrogen-bond acceptors (Lipinski definition) is 5. The van der Waals surface area contributed by atoms with Gasteiger partial charge in [-0.05, 0) is 31.2 Å². The van der Waals surface area contributed by atoms with E-state index >= 15 is 0 Å². The van der Waals surface area contributed by atoms with Gasteiger partial charge in [-0.2, -0.15) is 5.10 Å². The molecule has 0 aromatic heterocycles. The highest BCUT2D eigenvalue weighted by Gasteiger charge is 2.26. The zero-order valence-corrected chi connectivity index (χ0v) is 12.7. The number of amides is 2. The summed E-state index contributed by atoms with van der Waals surface area (Å²) >= 11 is 0. The van der Waals surface area contributed by atoms with Crippen molar-refractivity contribution in [3.05, 3.63) is 30.1 Å². The number of benzene rings is 1. The lowest BCUT2D eigenvalue weighted by atomic mass is 10.2. The summed E-state index contributed by atoms with van der Waals surface area (Å²) in [6.45, 7) is 1.41. The van der Waals surface area contributed by atoms with E-state index in [0.717, 1.165) is 5.01 Å². The normalized spacial score (nSPS) is 15.7. The molecule has 0 spiro atoms. The minimum atomic E-state index is -1.06. The SMILES string of the molecule is C[C@@H](OC(=O)C1=NN(C)C(=O)CC1)C(=O)Nc1ccc(F)cc1. The minimum Gasteiger partial charge on any atom is -0.448 e. The predicted molar refractivity (Wildman–Crippen MR) is 80.0 cm³/mol. The lowest BCUT2D eigenvalue weighted by molar-refractivity contribution is -0.146. The summed E-state index contributed by atoms with van der Waals surface area (Å²) in [5.41, 5.74) is 0.480. The first-order valence-corrected chi connectivity index (χ1v) is 6.98. The molecule has 1 aromatic rings. The minimum absolute atomic E-state index is 0.0912. The Morgan fingerprint density at radius 3 is 2.57 bits per heavy atom. The van der Waals surface area contributed by atoms with Crippen LogP contribution in [0.2, 0.25) is 0 Å². The first kappa shape index (κ1) is 16.6. The largest absolute Gasteiger partial charge is 0.448 e. The summed E-state index contributed by atoms with van der Waals surface area (Å²) in [5, 5.41) is 7.40.